The predicted octanol–water partition coefficient (Wildman–Crippen LogP) is 2.17. The third-order valence-electron chi connectivity index (χ3n) is 3.03. The number of aryl methyl sites for hydroxylation is 2. The second-order valence-corrected chi connectivity index (χ2v) is 4.77. The molecule has 0 fully saturated rings. The van der Waals surface area contributed by atoms with Crippen molar-refractivity contribution in [3.05, 3.63) is 53.3 Å². The Morgan fingerprint density at radius 2 is 1.90 bits per heavy atom. The van der Waals surface area contributed by atoms with Gasteiger partial charge >= 0.3 is 0 Å². The first-order valence-electron chi connectivity index (χ1n) is 6.74. The lowest BCUT2D eigenvalue weighted by molar-refractivity contribution is -0.118. The number of nitrogens with one attached hydrogen (secondary N) is 1. The van der Waals surface area contributed by atoms with E-state index in [0.717, 1.165) is 17.0 Å². The average Bonchev–Trinajstić information content (AvgIpc) is 2.48. The lowest BCUT2D eigenvalue weighted by Gasteiger charge is -2.10. The molecule has 0 spiro atoms. The van der Waals surface area contributed by atoms with Crippen molar-refractivity contribution in [3.63, 3.8) is 0 Å². The normalized spacial score (nSPS) is 10.2. The molecule has 1 aromatic carbocycles. The average molecular weight is 285 g/mol. The number of hydrogen-bond acceptors (Lipinski definition) is 4. The highest BCUT2D eigenvalue weighted by Gasteiger charge is 2.06. The monoisotopic (exact) mass is 285 g/mol. The molecule has 0 aliphatic rings. The summed E-state index contributed by atoms with van der Waals surface area (Å²) in [6.07, 6.45) is 0. The van der Waals surface area contributed by atoms with E-state index in [1.807, 2.05) is 38.1 Å². The Bertz CT molecular complexity index is 624. The van der Waals surface area contributed by atoms with E-state index in [-0.39, 0.29) is 12.5 Å². The molecule has 0 radical (unpaired) electrons. The number of pyridine rings is 1. The number of aromatic nitrogens is 1. The second kappa shape index (κ2) is 6.85. The lowest BCUT2D eigenvalue weighted by atomic mass is 10.2. The van der Waals surface area contributed by atoms with Crippen molar-refractivity contribution in [2.75, 3.05) is 11.9 Å². The van der Waals surface area contributed by atoms with Crippen LogP contribution in [0.25, 0.3) is 0 Å². The zero-order valence-corrected chi connectivity index (χ0v) is 12.2. The molecular formula is C16H19N3O2. The van der Waals surface area contributed by atoms with E-state index < -0.39 is 0 Å². The Morgan fingerprint density at radius 1 is 1.19 bits per heavy atom. The number of carbonyl (C=O) groups excluding carboxylic acids is 1. The molecule has 1 aromatic heterocycles. The topological polar surface area (TPSA) is 77.2 Å². The van der Waals surface area contributed by atoms with Crippen LogP contribution in [0, 0.1) is 13.8 Å². The van der Waals surface area contributed by atoms with Crippen LogP contribution in [0.5, 0.6) is 5.75 Å². The van der Waals surface area contributed by atoms with Crippen LogP contribution in [0.4, 0.5) is 5.69 Å². The molecule has 110 valence electrons. The SMILES string of the molecule is Cc1ccc(NC(=O)COc2ccc(CN)cc2)c(C)n1. The number of rotatable bonds is 5. The summed E-state index contributed by atoms with van der Waals surface area (Å²) in [6, 6.07) is 11.0. The molecule has 0 saturated heterocycles. The molecule has 21 heavy (non-hydrogen) atoms. The molecule has 0 unspecified atom stereocenters. The van der Waals surface area contributed by atoms with Gasteiger partial charge in [-0.2, -0.15) is 0 Å². The fraction of sp³-hybridized carbons (Fsp3) is 0.250. The van der Waals surface area contributed by atoms with E-state index in [1.165, 1.54) is 0 Å². The Hall–Kier alpha value is -2.40. The molecule has 5 heteroatoms. The summed E-state index contributed by atoms with van der Waals surface area (Å²) < 4.78 is 5.43. The molecule has 1 heterocycles. The van der Waals surface area contributed by atoms with Gasteiger partial charge in [-0.1, -0.05) is 12.1 Å². The van der Waals surface area contributed by atoms with Crippen LogP contribution in [0.15, 0.2) is 36.4 Å². The van der Waals surface area contributed by atoms with Gasteiger partial charge in [0.05, 0.1) is 11.4 Å². The van der Waals surface area contributed by atoms with Crippen LogP contribution in [-0.2, 0) is 11.3 Å². The number of carbonyl (C=O) groups is 1. The number of hydrogen-bond donors (Lipinski definition) is 2. The van der Waals surface area contributed by atoms with Gasteiger partial charge in [0.1, 0.15) is 5.75 Å². The van der Waals surface area contributed by atoms with Crippen LogP contribution >= 0.6 is 0 Å². The molecular weight excluding hydrogens is 266 g/mol. The number of ether oxygens (including phenoxy) is 1. The van der Waals surface area contributed by atoms with Gasteiger partial charge in [-0.3, -0.25) is 9.78 Å². The lowest BCUT2D eigenvalue weighted by Crippen LogP contribution is -2.21. The Labute approximate surface area is 124 Å². The van der Waals surface area contributed by atoms with E-state index >= 15 is 0 Å². The van der Waals surface area contributed by atoms with Crippen LogP contribution in [0.3, 0.4) is 0 Å². The summed E-state index contributed by atoms with van der Waals surface area (Å²) in [5, 5.41) is 2.78. The van der Waals surface area contributed by atoms with Gasteiger partial charge in [0, 0.05) is 12.2 Å². The first-order chi connectivity index (χ1) is 10.1. The van der Waals surface area contributed by atoms with Crippen LogP contribution < -0.4 is 15.8 Å². The van der Waals surface area contributed by atoms with Gasteiger partial charge in [-0.15, -0.1) is 0 Å². The van der Waals surface area contributed by atoms with E-state index in [1.54, 1.807) is 12.1 Å². The minimum Gasteiger partial charge on any atom is -0.484 e. The highest BCUT2D eigenvalue weighted by atomic mass is 16.5. The molecule has 1 amide bonds. The number of anilines is 1. The van der Waals surface area contributed by atoms with Crippen LogP contribution in [0.1, 0.15) is 17.0 Å². The van der Waals surface area contributed by atoms with Gasteiger partial charge in [-0.05, 0) is 43.7 Å². The minimum absolute atomic E-state index is 0.0463. The first-order valence-corrected chi connectivity index (χ1v) is 6.74. The molecule has 5 nitrogen and oxygen atoms in total. The smallest absolute Gasteiger partial charge is 0.262 e. The molecule has 0 aliphatic carbocycles. The predicted molar refractivity (Wildman–Crippen MR) is 82.2 cm³/mol. The maximum absolute atomic E-state index is 11.9. The summed E-state index contributed by atoms with van der Waals surface area (Å²) >= 11 is 0. The van der Waals surface area contributed by atoms with Crippen molar-refractivity contribution in [1.29, 1.82) is 0 Å². The summed E-state index contributed by atoms with van der Waals surface area (Å²) in [7, 11) is 0. The maximum Gasteiger partial charge on any atom is 0.262 e. The van der Waals surface area contributed by atoms with Crippen molar-refractivity contribution in [2.24, 2.45) is 5.73 Å². The zero-order chi connectivity index (χ0) is 15.2. The Balaban J connectivity index is 1.89. The van der Waals surface area contributed by atoms with Gasteiger partial charge in [0.2, 0.25) is 0 Å². The summed E-state index contributed by atoms with van der Waals surface area (Å²) in [6.45, 7) is 4.21. The molecule has 2 rings (SSSR count). The van der Waals surface area contributed by atoms with E-state index in [2.05, 4.69) is 10.3 Å². The fourth-order valence-electron chi connectivity index (χ4n) is 1.88. The highest BCUT2D eigenvalue weighted by Crippen LogP contribution is 2.14. The molecule has 0 bridgehead atoms. The third-order valence-corrected chi connectivity index (χ3v) is 3.03. The van der Waals surface area contributed by atoms with Crippen molar-refractivity contribution < 1.29 is 9.53 Å². The standard InChI is InChI=1S/C16H19N3O2/c1-11-3-8-15(12(2)18-11)19-16(20)10-21-14-6-4-13(9-17)5-7-14/h3-8H,9-10,17H2,1-2H3,(H,19,20). The fourth-order valence-corrected chi connectivity index (χ4v) is 1.88. The summed E-state index contributed by atoms with van der Waals surface area (Å²) in [5.74, 6) is 0.424. The molecule has 0 atom stereocenters. The zero-order valence-electron chi connectivity index (χ0n) is 12.2. The number of benzene rings is 1. The van der Waals surface area contributed by atoms with Gasteiger partial charge in [0.15, 0.2) is 6.61 Å². The second-order valence-electron chi connectivity index (χ2n) is 4.77. The van der Waals surface area contributed by atoms with E-state index in [4.69, 9.17) is 10.5 Å². The van der Waals surface area contributed by atoms with Crippen LogP contribution in [-0.4, -0.2) is 17.5 Å². The largest absolute Gasteiger partial charge is 0.484 e. The molecule has 2 aromatic rings. The van der Waals surface area contributed by atoms with Crippen molar-refractivity contribution in [1.82, 2.24) is 4.98 Å². The van der Waals surface area contributed by atoms with E-state index in [9.17, 15) is 4.79 Å². The van der Waals surface area contributed by atoms with Crippen molar-refractivity contribution in [3.8, 4) is 5.75 Å². The molecule has 0 saturated carbocycles. The van der Waals surface area contributed by atoms with Gasteiger partial charge in [-0.25, -0.2) is 0 Å². The van der Waals surface area contributed by atoms with E-state index in [0.29, 0.717) is 18.0 Å². The van der Waals surface area contributed by atoms with Gasteiger partial charge in [0.25, 0.3) is 5.91 Å². The number of nitrogens with zero attached hydrogens (tertiary/aromatic N) is 1. The third kappa shape index (κ3) is 4.29. The highest BCUT2D eigenvalue weighted by molar-refractivity contribution is 5.92. The number of nitrogens with two attached hydrogens (primary N) is 1. The summed E-state index contributed by atoms with van der Waals surface area (Å²) in [4.78, 5) is 16.2. The maximum atomic E-state index is 11.9. The summed E-state index contributed by atoms with van der Waals surface area (Å²) in [5.41, 5.74) is 8.95. The minimum atomic E-state index is -0.216. The molecule has 3 N–H and O–H groups in total. The van der Waals surface area contributed by atoms with Crippen molar-refractivity contribution in [2.45, 2.75) is 20.4 Å². The van der Waals surface area contributed by atoms with Crippen molar-refractivity contribution >= 4 is 11.6 Å². The number of amides is 1. The Kier molecular flexibility index (Phi) is 4.90. The van der Waals surface area contributed by atoms with Gasteiger partial charge < -0.3 is 15.8 Å². The molecule has 0 aliphatic heterocycles. The Morgan fingerprint density at radius 3 is 2.52 bits per heavy atom. The quantitative estimate of drug-likeness (QED) is 0.882. The van der Waals surface area contributed by atoms with Crippen LogP contribution in [0.2, 0.25) is 0 Å². The first kappa shape index (κ1) is 15.0.